The highest BCUT2D eigenvalue weighted by molar-refractivity contribution is 6.30. The molecule has 0 saturated heterocycles. The highest BCUT2D eigenvalue weighted by Gasteiger charge is 2.40. The number of fused-ring (bicyclic) bond motifs is 2. The zero-order valence-corrected chi connectivity index (χ0v) is 17.0. The van der Waals surface area contributed by atoms with Crippen molar-refractivity contribution in [3.8, 4) is 5.75 Å². The van der Waals surface area contributed by atoms with E-state index in [0.717, 1.165) is 23.7 Å². The largest absolute Gasteiger partial charge is 0.489 e. The third-order valence-corrected chi connectivity index (χ3v) is 6.33. The highest BCUT2D eigenvalue weighted by Crippen LogP contribution is 2.49. The number of hydrogen-bond donors (Lipinski definition) is 2. The minimum Gasteiger partial charge on any atom is -0.489 e. The first-order valence-electron chi connectivity index (χ1n) is 10.1. The van der Waals surface area contributed by atoms with Crippen LogP contribution in [0.3, 0.4) is 0 Å². The molecule has 2 saturated carbocycles. The number of hydrogen-bond acceptors (Lipinski definition) is 3. The van der Waals surface area contributed by atoms with Crippen molar-refractivity contribution in [1.29, 1.82) is 0 Å². The molecule has 4 rings (SSSR count). The molecular formula is C23H25ClN2O3. The number of ether oxygens (including phenoxy) is 1. The number of rotatable bonds is 6. The quantitative estimate of drug-likeness (QED) is 0.686. The minimum atomic E-state index is -0.323. The van der Waals surface area contributed by atoms with E-state index in [0.29, 0.717) is 35.4 Å². The Balaban J connectivity index is 1.21. The van der Waals surface area contributed by atoms with Crippen LogP contribution >= 0.6 is 11.6 Å². The van der Waals surface area contributed by atoms with Gasteiger partial charge in [0, 0.05) is 17.0 Å². The van der Waals surface area contributed by atoms with Crippen LogP contribution < -0.4 is 15.6 Å². The molecule has 0 unspecified atom stereocenters. The number of halogens is 1. The van der Waals surface area contributed by atoms with Gasteiger partial charge in [0.25, 0.3) is 5.91 Å². The molecule has 152 valence electrons. The molecule has 2 aromatic rings. The van der Waals surface area contributed by atoms with Crippen molar-refractivity contribution < 1.29 is 14.3 Å². The molecule has 2 amide bonds. The van der Waals surface area contributed by atoms with Gasteiger partial charge in [-0.05, 0) is 79.0 Å². The van der Waals surface area contributed by atoms with Crippen LogP contribution in [0.1, 0.15) is 48.0 Å². The molecule has 3 atom stereocenters. The van der Waals surface area contributed by atoms with Gasteiger partial charge in [-0.2, -0.15) is 0 Å². The third kappa shape index (κ3) is 5.10. The van der Waals surface area contributed by atoms with Crippen LogP contribution in [0.5, 0.6) is 5.75 Å². The van der Waals surface area contributed by atoms with Crippen LogP contribution in [0.15, 0.2) is 48.5 Å². The molecule has 2 fully saturated rings. The Morgan fingerprint density at radius 2 is 1.72 bits per heavy atom. The van der Waals surface area contributed by atoms with Crippen LogP contribution in [-0.4, -0.2) is 11.8 Å². The number of carbonyl (C=O) groups excluding carboxylic acids is 2. The number of carbonyl (C=O) groups is 2. The fourth-order valence-corrected chi connectivity index (χ4v) is 4.69. The molecule has 29 heavy (non-hydrogen) atoms. The molecule has 2 aliphatic rings. The zero-order valence-electron chi connectivity index (χ0n) is 16.2. The first kappa shape index (κ1) is 19.8. The summed E-state index contributed by atoms with van der Waals surface area (Å²) in [5, 5.41) is 0.662. The molecule has 6 heteroatoms. The summed E-state index contributed by atoms with van der Waals surface area (Å²) in [6.07, 6.45) is 5.51. The number of nitrogens with one attached hydrogen (secondary N) is 2. The highest BCUT2D eigenvalue weighted by atomic mass is 35.5. The van der Waals surface area contributed by atoms with Crippen LogP contribution in [0.25, 0.3) is 0 Å². The molecule has 0 radical (unpaired) electrons. The molecule has 2 bridgehead atoms. The average molecular weight is 413 g/mol. The van der Waals surface area contributed by atoms with Gasteiger partial charge in [0.15, 0.2) is 0 Å². The number of benzene rings is 2. The number of amides is 2. The molecule has 0 aromatic heterocycles. The lowest BCUT2D eigenvalue weighted by molar-refractivity contribution is -0.123. The van der Waals surface area contributed by atoms with Crippen molar-refractivity contribution >= 4 is 23.4 Å². The van der Waals surface area contributed by atoms with Gasteiger partial charge in [0.2, 0.25) is 5.91 Å². The van der Waals surface area contributed by atoms with E-state index in [1.165, 1.54) is 19.3 Å². The summed E-state index contributed by atoms with van der Waals surface area (Å²) >= 11 is 5.86. The van der Waals surface area contributed by atoms with Crippen LogP contribution in [-0.2, 0) is 11.4 Å². The molecule has 2 aliphatic carbocycles. The number of hydrazine groups is 1. The third-order valence-electron chi connectivity index (χ3n) is 6.08. The molecule has 2 aromatic carbocycles. The van der Waals surface area contributed by atoms with Gasteiger partial charge in [-0.1, -0.05) is 30.2 Å². The van der Waals surface area contributed by atoms with E-state index in [-0.39, 0.29) is 11.8 Å². The van der Waals surface area contributed by atoms with E-state index in [9.17, 15) is 9.59 Å². The summed E-state index contributed by atoms with van der Waals surface area (Å²) in [7, 11) is 0. The van der Waals surface area contributed by atoms with Crippen molar-refractivity contribution in [2.45, 2.75) is 38.7 Å². The van der Waals surface area contributed by atoms with E-state index in [4.69, 9.17) is 16.3 Å². The van der Waals surface area contributed by atoms with Gasteiger partial charge in [-0.25, -0.2) is 0 Å². The first-order chi connectivity index (χ1) is 14.1. The standard InChI is InChI=1S/C23H25ClN2O3/c24-20-7-9-21(10-8-20)29-14-15-1-4-17(5-2-15)23(28)26-25-22(27)13-19-12-16-3-6-18(19)11-16/h1-2,4-5,7-10,16,18-19H,3,6,11-14H2,(H,25,27)(H,26,28)/t16-,18+,19-/m1/s1. The second kappa shape index (κ2) is 8.87. The fraction of sp³-hybridized carbons (Fsp3) is 0.391. The van der Waals surface area contributed by atoms with Gasteiger partial charge in [0.1, 0.15) is 12.4 Å². The molecule has 0 aliphatic heterocycles. The predicted molar refractivity (Wildman–Crippen MR) is 111 cm³/mol. The van der Waals surface area contributed by atoms with E-state index in [1.807, 2.05) is 24.3 Å². The van der Waals surface area contributed by atoms with E-state index in [2.05, 4.69) is 10.9 Å². The summed E-state index contributed by atoms with van der Waals surface area (Å²) in [6.45, 7) is 0.393. The summed E-state index contributed by atoms with van der Waals surface area (Å²) in [4.78, 5) is 24.4. The Kier molecular flexibility index (Phi) is 6.05. The van der Waals surface area contributed by atoms with E-state index in [1.54, 1.807) is 24.3 Å². The Morgan fingerprint density at radius 1 is 0.966 bits per heavy atom. The first-order valence-corrected chi connectivity index (χ1v) is 10.5. The Hall–Kier alpha value is -2.53. The monoisotopic (exact) mass is 412 g/mol. The van der Waals surface area contributed by atoms with E-state index >= 15 is 0 Å². The SMILES string of the molecule is O=C(C[C@H]1C[C@@H]2CC[C@H]1C2)NNC(=O)c1ccc(COc2ccc(Cl)cc2)cc1. The normalized spacial score (nSPS) is 22.3. The average Bonchev–Trinajstić information content (AvgIpc) is 3.35. The lowest BCUT2D eigenvalue weighted by atomic mass is 9.86. The van der Waals surface area contributed by atoms with Crippen molar-refractivity contribution in [2.24, 2.45) is 17.8 Å². The Bertz CT molecular complexity index is 867. The Labute approximate surface area is 175 Å². The summed E-state index contributed by atoms with van der Waals surface area (Å²) < 4.78 is 5.69. The van der Waals surface area contributed by atoms with Crippen LogP contribution in [0, 0.1) is 17.8 Å². The van der Waals surface area contributed by atoms with Crippen molar-refractivity contribution in [1.82, 2.24) is 10.9 Å². The van der Waals surface area contributed by atoms with E-state index < -0.39 is 0 Å². The maximum atomic E-state index is 12.3. The summed E-state index contributed by atoms with van der Waals surface area (Å²) in [5.41, 5.74) is 6.50. The predicted octanol–water partition coefficient (Wildman–Crippen LogP) is 4.51. The Morgan fingerprint density at radius 3 is 2.38 bits per heavy atom. The molecule has 0 spiro atoms. The van der Waals surface area contributed by atoms with Crippen LogP contribution in [0.4, 0.5) is 0 Å². The zero-order chi connectivity index (χ0) is 20.2. The smallest absolute Gasteiger partial charge is 0.269 e. The maximum absolute atomic E-state index is 12.3. The van der Waals surface area contributed by atoms with Crippen molar-refractivity contribution in [2.75, 3.05) is 0 Å². The summed E-state index contributed by atoms with van der Waals surface area (Å²) in [5.74, 6) is 2.29. The fourth-order valence-electron chi connectivity index (χ4n) is 4.56. The van der Waals surface area contributed by atoms with Gasteiger partial charge >= 0.3 is 0 Å². The van der Waals surface area contributed by atoms with Gasteiger partial charge in [-0.15, -0.1) is 0 Å². The molecule has 5 nitrogen and oxygen atoms in total. The maximum Gasteiger partial charge on any atom is 0.269 e. The van der Waals surface area contributed by atoms with Crippen molar-refractivity contribution in [3.63, 3.8) is 0 Å². The lowest BCUT2D eigenvalue weighted by Gasteiger charge is -2.20. The topological polar surface area (TPSA) is 67.4 Å². The van der Waals surface area contributed by atoms with Gasteiger partial charge in [0.05, 0.1) is 0 Å². The van der Waals surface area contributed by atoms with Gasteiger partial charge in [-0.3, -0.25) is 20.4 Å². The summed E-state index contributed by atoms with van der Waals surface area (Å²) in [6, 6.07) is 14.3. The molecular weight excluding hydrogens is 388 g/mol. The van der Waals surface area contributed by atoms with Crippen molar-refractivity contribution in [3.05, 3.63) is 64.7 Å². The second-order valence-corrected chi connectivity index (χ2v) is 8.52. The van der Waals surface area contributed by atoms with Gasteiger partial charge < -0.3 is 4.74 Å². The van der Waals surface area contributed by atoms with Crippen LogP contribution in [0.2, 0.25) is 5.02 Å². The lowest BCUT2D eigenvalue weighted by Crippen LogP contribution is -2.42. The second-order valence-electron chi connectivity index (χ2n) is 8.08. The minimum absolute atomic E-state index is 0.108. The molecule has 0 heterocycles. The molecule has 2 N–H and O–H groups in total.